The van der Waals surface area contributed by atoms with Crippen molar-refractivity contribution >= 4 is 11.6 Å². The predicted octanol–water partition coefficient (Wildman–Crippen LogP) is 4.63. The summed E-state index contributed by atoms with van der Waals surface area (Å²) in [5.74, 6) is 0.872. The van der Waals surface area contributed by atoms with E-state index in [0.29, 0.717) is 6.04 Å². The Kier molecular flexibility index (Phi) is 4.01. The maximum Gasteiger partial charge on any atom is 0.207 e. The molecule has 2 aromatic carbocycles. The van der Waals surface area contributed by atoms with Gasteiger partial charge < -0.3 is 9.88 Å². The summed E-state index contributed by atoms with van der Waals surface area (Å²) in [6.07, 6.45) is 4.90. The molecule has 0 aliphatic rings. The molecule has 0 spiro atoms. The van der Waals surface area contributed by atoms with Gasteiger partial charge in [0.15, 0.2) is 0 Å². The van der Waals surface area contributed by atoms with Crippen LogP contribution in [0.25, 0.3) is 0 Å². The van der Waals surface area contributed by atoms with E-state index in [1.54, 1.807) is 0 Å². The molecule has 0 bridgehead atoms. The van der Waals surface area contributed by atoms with Gasteiger partial charge in [0.2, 0.25) is 5.95 Å². The Morgan fingerprint density at radius 1 is 1.00 bits per heavy atom. The number of anilines is 2. The standard InChI is InChI=1S/C18H19N3/c1-2-17(15-9-5-3-6-10-15)21-14-13-19-18(21)20-16-11-7-4-8-12-16/h3-14,17H,2H2,1H3,(H,19,20). The van der Waals surface area contributed by atoms with Crippen LogP contribution in [-0.4, -0.2) is 9.55 Å². The van der Waals surface area contributed by atoms with Crippen molar-refractivity contribution in [3.05, 3.63) is 78.6 Å². The minimum atomic E-state index is 0.292. The van der Waals surface area contributed by atoms with Crippen molar-refractivity contribution in [2.24, 2.45) is 0 Å². The number of para-hydroxylation sites is 1. The second kappa shape index (κ2) is 6.27. The lowest BCUT2D eigenvalue weighted by Crippen LogP contribution is -2.11. The van der Waals surface area contributed by atoms with E-state index in [0.717, 1.165) is 18.1 Å². The van der Waals surface area contributed by atoms with Crippen molar-refractivity contribution in [1.29, 1.82) is 0 Å². The van der Waals surface area contributed by atoms with Crippen LogP contribution in [-0.2, 0) is 0 Å². The van der Waals surface area contributed by atoms with Crippen molar-refractivity contribution in [3.8, 4) is 0 Å². The number of hydrogen-bond donors (Lipinski definition) is 1. The van der Waals surface area contributed by atoms with Crippen LogP contribution in [0.5, 0.6) is 0 Å². The monoisotopic (exact) mass is 277 g/mol. The minimum absolute atomic E-state index is 0.292. The number of benzene rings is 2. The van der Waals surface area contributed by atoms with Gasteiger partial charge in [0.25, 0.3) is 0 Å². The highest BCUT2D eigenvalue weighted by atomic mass is 15.2. The summed E-state index contributed by atoms with van der Waals surface area (Å²) in [4.78, 5) is 4.46. The summed E-state index contributed by atoms with van der Waals surface area (Å²) in [7, 11) is 0. The number of nitrogens with zero attached hydrogens (tertiary/aromatic N) is 2. The van der Waals surface area contributed by atoms with Crippen molar-refractivity contribution in [2.45, 2.75) is 19.4 Å². The second-order valence-electron chi connectivity index (χ2n) is 4.98. The molecule has 21 heavy (non-hydrogen) atoms. The molecule has 3 heteroatoms. The minimum Gasteiger partial charge on any atom is -0.326 e. The zero-order valence-electron chi connectivity index (χ0n) is 12.1. The largest absolute Gasteiger partial charge is 0.326 e. The van der Waals surface area contributed by atoms with Crippen LogP contribution in [0.1, 0.15) is 24.9 Å². The summed E-state index contributed by atoms with van der Waals surface area (Å²) in [6, 6.07) is 21.0. The number of nitrogens with one attached hydrogen (secondary N) is 1. The Morgan fingerprint density at radius 2 is 1.67 bits per heavy atom. The van der Waals surface area contributed by atoms with Crippen LogP contribution in [0.4, 0.5) is 11.6 Å². The first-order chi connectivity index (χ1) is 10.4. The van der Waals surface area contributed by atoms with E-state index in [9.17, 15) is 0 Å². The SMILES string of the molecule is CCC(c1ccccc1)n1ccnc1Nc1ccccc1. The summed E-state index contributed by atoms with van der Waals surface area (Å²) in [6.45, 7) is 2.20. The third-order valence-corrected chi connectivity index (χ3v) is 3.61. The second-order valence-corrected chi connectivity index (χ2v) is 4.98. The molecule has 1 atom stereocenters. The smallest absolute Gasteiger partial charge is 0.207 e. The Hall–Kier alpha value is -2.55. The molecule has 0 amide bonds. The van der Waals surface area contributed by atoms with E-state index in [1.165, 1.54) is 5.56 Å². The van der Waals surface area contributed by atoms with Crippen LogP contribution < -0.4 is 5.32 Å². The van der Waals surface area contributed by atoms with Gasteiger partial charge in [0.1, 0.15) is 0 Å². The molecule has 1 N–H and O–H groups in total. The molecule has 3 aromatic rings. The van der Waals surface area contributed by atoms with Crippen molar-refractivity contribution in [2.75, 3.05) is 5.32 Å². The van der Waals surface area contributed by atoms with Crippen LogP contribution in [0.3, 0.4) is 0 Å². The summed E-state index contributed by atoms with van der Waals surface area (Å²) >= 11 is 0. The molecule has 0 radical (unpaired) electrons. The highest BCUT2D eigenvalue weighted by Gasteiger charge is 2.14. The fourth-order valence-electron chi connectivity index (χ4n) is 2.58. The van der Waals surface area contributed by atoms with E-state index in [-0.39, 0.29) is 0 Å². The molecular formula is C18H19N3. The van der Waals surface area contributed by atoms with Gasteiger partial charge in [-0.2, -0.15) is 0 Å². The highest BCUT2D eigenvalue weighted by Crippen LogP contribution is 2.26. The van der Waals surface area contributed by atoms with Crippen LogP contribution in [0.2, 0.25) is 0 Å². The third-order valence-electron chi connectivity index (χ3n) is 3.61. The van der Waals surface area contributed by atoms with Gasteiger partial charge >= 0.3 is 0 Å². The lowest BCUT2D eigenvalue weighted by molar-refractivity contribution is 0.573. The summed E-state index contributed by atoms with van der Waals surface area (Å²) < 4.78 is 2.20. The number of imidazole rings is 1. The maximum absolute atomic E-state index is 4.46. The van der Waals surface area contributed by atoms with E-state index in [4.69, 9.17) is 0 Å². The Labute approximate surface area is 125 Å². The van der Waals surface area contributed by atoms with E-state index in [1.807, 2.05) is 48.8 Å². The molecule has 1 aromatic heterocycles. The van der Waals surface area contributed by atoms with Gasteiger partial charge in [-0.25, -0.2) is 4.98 Å². The normalized spacial score (nSPS) is 12.0. The Bertz CT molecular complexity index is 674. The molecule has 1 heterocycles. The average molecular weight is 277 g/mol. The number of rotatable bonds is 5. The molecular weight excluding hydrogens is 258 g/mol. The van der Waals surface area contributed by atoms with Crippen LogP contribution in [0.15, 0.2) is 73.1 Å². The lowest BCUT2D eigenvalue weighted by Gasteiger charge is -2.20. The number of hydrogen-bond acceptors (Lipinski definition) is 2. The molecule has 0 saturated carbocycles. The first-order valence-electron chi connectivity index (χ1n) is 7.28. The van der Waals surface area contributed by atoms with Gasteiger partial charge in [-0.1, -0.05) is 55.5 Å². The molecule has 3 nitrogen and oxygen atoms in total. The van der Waals surface area contributed by atoms with Crippen molar-refractivity contribution < 1.29 is 0 Å². The van der Waals surface area contributed by atoms with E-state index >= 15 is 0 Å². The molecule has 0 saturated heterocycles. The zero-order chi connectivity index (χ0) is 14.5. The molecule has 1 unspecified atom stereocenters. The van der Waals surface area contributed by atoms with Crippen molar-refractivity contribution in [1.82, 2.24) is 9.55 Å². The predicted molar refractivity (Wildman–Crippen MR) is 86.8 cm³/mol. The Morgan fingerprint density at radius 3 is 2.33 bits per heavy atom. The molecule has 0 fully saturated rings. The maximum atomic E-state index is 4.46. The average Bonchev–Trinajstić information content (AvgIpc) is 2.98. The van der Waals surface area contributed by atoms with Gasteiger partial charge in [-0.15, -0.1) is 0 Å². The summed E-state index contributed by atoms with van der Waals surface area (Å²) in [5.41, 5.74) is 2.35. The topological polar surface area (TPSA) is 29.9 Å². The fraction of sp³-hybridized carbons (Fsp3) is 0.167. The number of aromatic nitrogens is 2. The molecule has 0 aliphatic heterocycles. The van der Waals surface area contributed by atoms with Gasteiger partial charge in [0.05, 0.1) is 6.04 Å². The van der Waals surface area contributed by atoms with Gasteiger partial charge in [-0.05, 0) is 24.1 Å². The Balaban J connectivity index is 1.91. The molecule has 0 aliphatic carbocycles. The lowest BCUT2D eigenvalue weighted by atomic mass is 10.0. The zero-order valence-corrected chi connectivity index (χ0v) is 12.1. The first kappa shape index (κ1) is 13.4. The third kappa shape index (κ3) is 2.97. The first-order valence-corrected chi connectivity index (χ1v) is 7.28. The molecule has 3 rings (SSSR count). The molecule has 106 valence electrons. The van der Waals surface area contributed by atoms with Crippen LogP contribution in [0, 0.1) is 0 Å². The van der Waals surface area contributed by atoms with Gasteiger partial charge in [0, 0.05) is 18.1 Å². The summed E-state index contributed by atoms with van der Waals surface area (Å²) in [5, 5.41) is 3.39. The fourth-order valence-corrected chi connectivity index (χ4v) is 2.58. The van der Waals surface area contributed by atoms with Crippen LogP contribution >= 0.6 is 0 Å². The van der Waals surface area contributed by atoms with E-state index in [2.05, 4.69) is 46.1 Å². The van der Waals surface area contributed by atoms with Gasteiger partial charge in [-0.3, -0.25) is 0 Å². The quantitative estimate of drug-likeness (QED) is 0.737. The van der Waals surface area contributed by atoms with Crippen molar-refractivity contribution in [3.63, 3.8) is 0 Å². The van der Waals surface area contributed by atoms with E-state index < -0.39 is 0 Å². The highest BCUT2D eigenvalue weighted by molar-refractivity contribution is 5.53.